The van der Waals surface area contributed by atoms with Crippen LogP contribution in [0.5, 0.6) is 0 Å². The predicted molar refractivity (Wildman–Crippen MR) is 36.7 cm³/mol. The van der Waals surface area contributed by atoms with E-state index in [9.17, 15) is 0 Å². The van der Waals surface area contributed by atoms with Crippen molar-refractivity contribution >= 4 is 0 Å². The minimum atomic E-state index is 0.170. The van der Waals surface area contributed by atoms with Crippen LogP contribution in [0.1, 0.15) is 6.42 Å². The maximum absolute atomic E-state index is 5.62. The molecule has 0 aliphatic carbocycles. The second-order valence-corrected chi connectivity index (χ2v) is 3.36. The summed E-state index contributed by atoms with van der Waals surface area (Å²) in [6.07, 6.45) is 1.43. The Labute approximate surface area is 60.5 Å². The molecule has 0 spiro atoms. The smallest absolute Gasteiger partial charge is 0.0816 e. The quantitative estimate of drug-likeness (QED) is 0.550. The van der Waals surface area contributed by atoms with E-state index in [4.69, 9.17) is 15.2 Å². The Morgan fingerprint density at radius 2 is 2.40 bits per heavy atom. The molecule has 2 unspecified atom stereocenters. The molecule has 0 radical (unpaired) electrons. The van der Waals surface area contributed by atoms with Gasteiger partial charge in [-0.05, 0) is 6.42 Å². The largest absolute Gasteiger partial charge is 0.378 e. The van der Waals surface area contributed by atoms with Crippen LogP contribution in [0.3, 0.4) is 0 Å². The van der Waals surface area contributed by atoms with E-state index >= 15 is 0 Å². The van der Waals surface area contributed by atoms with Crippen LogP contribution in [0.15, 0.2) is 0 Å². The van der Waals surface area contributed by atoms with Crippen molar-refractivity contribution in [2.24, 2.45) is 11.1 Å². The van der Waals surface area contributed by atoms with Crippen LogP contribution in [-0.4, -0.2) is 32.5 Å². The van der Waals surface area contributed by atoms with Gasteiger partial charge in [-0.15, -0.1) is 0 Å². The lowest BCUT2D eigenvalue weighted by Gasteiger charge is -2.28. The second-order valence-electron chi connectivity index (χ2n) is 3.36. The van der Waals surface area contributed by atoms with Crippen molar-refractivity contribution in [1.82, 2.24) is 0 Å². The summed E-state index contributed by atoms with van der Waals surface area (Å²) in [5.41, 5.74) is 5.78. The number of hydrogen-bond acceptors (Lipinski definition) is 3. The van der Waals surface area contributed by atoms with Gasteiger partial charge in [0.2, 0.25) is 0 Å². The van der Waals surface area contributed by atoms with Crippen molar-refractivity contribution in [3.05, 3.63) is 0 Å². The highest BCUT2D eigenvalue weighted by Gasteiger charge is 2.42. The summed E-state index contributed by atoms with van der Waals surface area (Å²) < 4.78 is 10.8. The van der Waals surface area contributed by atoms with E-state index in [2.05, 4.69) is 0 Å². The molecule has 2 fully saturated rings. The van der Waals surface area contributed by atoms with Crippen LogP contribution in [-0.2, 0) is 9.47 Å². The standard InChI is InChI=1S/C7H13NO2/c8-3-7-1-6(10-5-7)2-9-4-7/h6H,1-5,8H2. The molecular formula is C7H13NO2. The van der Waals surface area contributed by atoms with Crippen molar-refractivity contribution < 1.29 is 9.47 Å². The monoisotopic (exact) mass is 143 g/mol. The van der Waals surface area contributed by atoms with Gasteiger partial charge in [0, 0.05) is 12.0 Å². The molecule has 2 bridgehead atoms. The maximum Gasteiger partial charge on any atom is 0.0816 e. The molecule has 2 N–H and O–H groups in total. The molecule has 2 heterocycles. The van der Waals surface area contributed by atoms with Gasteiger partial charge in [0.05, 0.1) is 25.9 Å². The highest BCUT2D eigenvalue weighted by molar-refractivity contribution is 4.91. The van der Waals surface area contributed by atoms with Gasteiger partial charge < -0.3 is 15.2 Å². The predicted octanol–water partition coefficient (Wildman–Crippen LogP) is -0.249. The molecule has 58 valence electrons. The fourth-order valence-corrected chi connectivity index (χ4v) is 1.71. The van der Waals surface area contributed by atoms with Crippen LogP contribution in [0, 0.1) is 5.41 Å². The molecule has 10 heavy (non-hydrogen) atoms. The van der Waals surface area contributed by atoms with E-state index in [1.54, 1.807) is 0 Å². The van der Waals surface area contributed by atoms with Gasteiger partial charge in [-0.25, -0.2) is 0 Å². The van der Waals surface area contributed by atoms with Crippen molar-refractivity contribution in [3.63, 3.8) is 0 Å². The van der Waals surface area contributed by atoms with Crippen LogP contribution in [0.25, 0.3) is 0 Å². The molecule has 3 heteroatoms. The minimum Gasteiger partial charge on any atom is -0.378 e. The first-order chi connectivity index (χ1) is 4.85. The Kier molecular flexibility index (Phi) is 1.44. The Morgan fingerprint density at radius 3 is 3.10 bits per heavy atom. The van der Waals surface area contributed by atoms with Crippen molar-refractivity contribution in [2.45, 2.75) is 12.5 Å². The van der Waals surface area contributed by atoms with Gasteiger partial charge in [-0.2, -0.15) is 0 Å². The molecule has 2 saturated heterocycles. The van der Waals surface area contributed by atoms with Gasteiger partial charge in [-0.1, -0.05) is 0 Å². The third kappa shape index (κ3) is 0.856. The molecule has 0 amide bonds. The zero-order valence-corrected chi connectivity index (χ0v) is 6.01. The topological polar surface area (TPSA) is 44.5 Å². The molecule has 2 aliphatic rings. The third-order valence-electron chi connectivity index (χ3n) is 2.43. The number of rotatable bonds is 1. The molecule has 0 saturated carbocycles. The van der Waals surface area contributed by atoms with Crippen LogP contribution >= 0.6 is 0 Å². The molecule has 2 rings (SSSR count). The van der Waals surface area contributed by atoms with Crippen molar-refractivity contribution in [2.75, 3.05) is 26.4 Å². The summed E-state index contributed by atoms with van der Waals surface area (Å²) in [5, 5.41) is 0. The number of nitrogens with two attached hydrogens (primary N) is 1. The fraction of sp³-hybridized carbons (Fsp3) is 1.00. The third-order valence-corrected chi connectivity index (χ3v) is 2.43. The Balaban J connectivity index is 2.10. The van der Waals surface area contributed by atoms with Gasteiger partial charge in [-0.3, -0.25) is 0 Å². The summed E-state index contributed by atoms with van der Waals surface area (Å²) in [5.74, 6) is 0. The molecule has 0 aromatic heterocycles. The summed E-state index contributed by atoms with van der Waals surface area (Å²) in [6.45, 7) is 3.05. The molecular weight excluding hydrogens is 130 g/mol. The van der Waals surface area contributed by atoms with Crippen molar-refractivity contribution in [3.8, 4) is 0 Å². The fourth-order valence-electron chi connectivity index (χ4n) is 1.71. The molecule has 0 aromatic carbocycles. The zero-order chi connectivity index (χ0) is 7.03. The number of fused-ring (bicyclic) bond motifs is 2. The highest BCUT2D eigenvalue weighted by Crippen LogP contribution is 2.35. The second kappa shape index (κ2) is 2.19. The average molecular weight is 143 g/mol. The Morgan fingerprint density at radius 1 is 1.50 bits per heavy atom. The molecule has 0 aromatic rings. The summed E-state index contributed by atoms with van der Waals surface area (Å²) in [6, 6.07) is 0. The van der Waals surface area contributed by atoms with E-state index in [0.717, 1.165) is 26.2 Å². The summed E-state index contributed by atoms with van der Waals surface area (Å²) in [4.78, 5) is 0. The lowest BCUT2D eigenvalue weighted by molar-refractivity contribution is 0.000739. The first-order valence-electron chi connectivity index (χ1n) is 3.74. The van der Waals surface area contributed by atoms with Crippen LogP contribution in [0.4, 0.5) is 0 Å². The Bertz CT molecular complexity index is 136. The first-order valence-corrected chi connectivity index (χ1v) is 3.74. The summed E-state index contributed by atoms with van der Waals surface area (Å²) >= 11 is 0. The van der Waals surface area contributed by atoms with Gasteiger partial charge in [0.1, 0.15) is 0 Å². The van der Waals surface area contributed by atoms with E-state index in [1.807, 2.05) is 0 Å². The molecule has 3 nitrogen and oxygen atoms in total. The highest BCUT2D eigenvalue weighted by atomic mass is 16.6. The number of ether oxygens (including phenoxy) is 2. The molecule has 2 atom stereocenters. The normalized spacial score (nSPS) is 45.9. The molecule has 2 aliphatic heterocycles. The van der Waals surface area contributed by atoms with Crippen LogP contribution in [0.2, 0.25) is 0 Å². The van der Waals surface area contributed by atoms with Gasteiger partial charge >= 0.3 is 0 Å². The van der Waals surface area contributed by atoms with Gasteiger partial charge in [0.25, 0.3) is 0 Å². The van der Waals surface area contributed by atoms with Crippen molar-refractivity contribution in [1.29, 1.82) is 0 Å². The van der Waals surface area contributed by atoms with Crippen LogP contribution < -0.4 is 5.73 Å². The SMILES string of the molecule is NCC12COCC(C1)OC2. The van der Waals surface area contributed by atoms with Gasteiger partial charge in [0.15, 0.2) is 0 Å². The lowest BCUT2D eigenvalue weighted by Crippen LogP contribution is -2.39. The van der Waals surface area contributed by atoms with E-state index in [0.29, 0.717) is 12.6 Å². The van der Waals surface area contributed by atoms with E-state index in [1.165, 1.54) is 0 Å². The maximum atomic E-state index is 5.62. The number of hydrogen-bond donors (Lipinski definition) is 1. The first kappa shape index (κ1) is 6.58. The van der Waals surface area contributed by atoms with E-state index in [-0.39, 0.29) is 5.41 Å². The van der Waals surface area contributed by atoms with E-state index < -0.39 is 0 Å². The average Bonchev–Trinajstić information content (AvgIpc) is 2.29. The zero-order valence-electron chi connectivity index (χ0n) is 6.01. The summed E-state index contributed by atoms with van der Waals surface area (Å²) in [7, 11) is 0. The Hall–Kier alpha value is -0.120. The lowest BCUT2D eigenvalue weighted by atomic mass is 9.85. The minimum absolute atomic E-state index is 0.170.